The van der Waals surface area contributed by atoms with Crippen molar-refractivity contribution in [1.29, 1.82) is 0 Å². The van der Waals surface area contributed by atoms with Crippen LogP contribution in [0.1, 0.15) is 20.7 Å². The molecule has 0 saturated heterocycles. The van der Waals surface area contributed by atoms with E-state index in [-0.39, 0.29) is 23.4 Å². The molecule has 7 heteroatoms. The van der Waals surface area contributed by atoms with Gasteiger partial charge >= 0.3 is 11.9 Å². The van der Waals surface area contributed by atoms with Crippen molar-refractivity contribution in [2.24, 2.45) is 0 Å². The number of carboxylic acids is 2. The molecule has 3 N–H and O–H groups in total. The Morgan fingerprint density at radius 3 is 2.21 bits per heavy atom. The quantitative estimate of drug-likeness (QED) is 0.430. The monoisotopic (exact) mass is 283 g/mol. The lowest BCUT2D eigenvalue weighted by Crippen LogP contribution is -2.41. The highest BCUT2D eigenvalue weighted by Gasteiger charge is 2.19. The summed E-state index contributed by atoms with van der Waals surface area (Å²) >= 11 is 3.85. The van der Waals surface area contributed by atoms with Crippen LogP contribution in [-0.4, -0.2) is 46.3 Å². The van der Waals surface area contributed by atoms with E-state index in [1.165, 1.54) is 18.2 Å². The van der Waals surface area contributed by atoms with Gasteiger partial charge in [-0.1, -0.05) is 18.2 Å². The van der Waals surface area contributed by atoms with E-state index in [2.05, 4.69) is 17.9 Å². The molecule has 0 amide bonds. The third-order valence-corrected chi connectivity index (χ3v) is 2.81. The normalized spacial score (nSPS) is 11.8. The van der Waals surface area contributed by atoms with E-state index in [1.807, 2.05) is 0 Å². The predicted octanol–water partition coefficient (Wildman–Crippen LogP) is 0.540. The van der Waals surface area contributed by atoms with Gasteiger partial charge in [-0.05, 0) is 6.07 Å². The third kappa shape index (κ3) is 4.08. The number of aliphatic carboxylic acids is 1. The molecule has 0 aliphatic heterocycles. The van der Waals surface area contributed by atoms with Crippen molar-refractivity contribution in [3.8, 4) is 0 Å². The van der Waals surface area contributed by atoms with Gasteiger partial charge in [0.15, 0.2) is 5.78 Å². The number of carbonyl (C=O) groups excluding carboxylic acids is 1. The SMILES string of the molecule is O=C(O)c1ccccc1C(=O)CN[C@H](CS)C(=O)O. The van der Waals surface area contributed by atoms with Gasteiger partial charge in [-0.25, -0.2) is 4.79 Å². The molecule has 1 atom stereocenters. The van der Waals surface area contributed by atoms with Crippen LogP contribution in [0.3, 0.4) is 0 Å². The molecule has 0 aliphatic rings. The van der Waals surface area contributed by atoms with E-state index < -0.39 is 23.8 Å². The molecule has 6 nitrogen and oxygen atoms in total. The minimum atomic E-state index is -1.20. The van der Waals surface area contributed by atoms with Crippen LogP contribution >= 0.6 is 12.6 Å². The number of carboxylic acid groups (broad SMARTS) is 2. The van der Waals surface area contributed by atoms with Gasteiger partial charge in [-0.2, -0.15) is 12.6 Å². The first-order valence-electron chi connectivity index (χ1n) is 5.40. The molecule has 1 aromatic rings. The van der Waals surface area contributed by atoms with Crippen molar-refractivity contribution in [1.82, 2.24) is 5.32 Å². The predicted molar refractivity (Wildman–Crippen MR) is 71.0 cm³/mol. The standard InChI is InChI=1S/C12H13NO5S/c14-10(5-13-9(6-19)12(17)18)7-3-1-2-4-8(7)11(15)16/h1-4,9,13,19H,5-6H2,(H,15,16)(H,17,18)/t9-/m1/s1. The average molecular weight is 283 g/mol. The Bertz CT molecular complexity index is 503. The molecule has 0 radical (unpaired) electrons. The lowest BCUT2D eigenvalue weighted by atomic mass is 10.0. The summed E-state index contributed by atoms with van der Waals surface area (Å²) in [6.07, 6.45) is 0. The molecule has 0 saturated carbocycles. The first-order chi connectivity index (χ1) is 8.97. The highest BCUT2D eigenvalue weighted by atomic mass is 32.1. The second kappa shape index (κ2) is 6.91. The van der Waals surface area contributed by atoms with Crippen molar-refractivity contribution in [2.75, 3.05) is 12.3 Å². The zero-order chi connectivity index (χ0) is 14.4. The Morgan fingerprint density at radius 2 is 1.74 bits per heavy atom. The van der Waals surface area contributed by atoms with E-state index in [0.717, 1.165) is 0 Å². The molecule has 0 bridgehead atoms. The summed E-state index contributed by atoms with van der Waals surface area (Å²) in [6, 6.07) is 4.82. The van der Waals surface area contributed by atoms with Crippen molar-refractivity contribution in [2.45, 2.75) is 6.04 Å². The number of rotatable bonds is 7. The number of nitrogens with one attached hydrogen (secondary N) is 1. The van der Waals surface area contributed by atoms with E-state index >= 15 is 0 Å². The maximum atomic E-state index is 11.9. The van der Waals surface area contributed by atoms with Gasteiger partial charge in [-0.15, -0.1) is 0 Å². The molecular formula is C12H13NO5S. The summed E-state index contributed by atoms with van der Waals surface area (Å²) in [5, 5.41) is 20.2. The van der Waals surface area contributed by atoms with Crippen LogP contribution in [0.15, 0.2) is 24.3 Å². The van der Waals surface area contributed by atoms with Crippen molar-refractivity contribution in [3.05, 3.63) is 35.4 Å². The van der Waals surface area contributed by atoms with E-state index in [1.54, 1.807) is 6.07 Å². The zero-order valence-electron chi connectivity index (χ0n) is 9.87. The number of ketones is 1. The fraction of sp³-hybridized carbons (Fsp3) is 0.250. The van der Waals surface area contributed by atoms with Crippen LogP contribution in [0.4, 0.5) is 0 Å². The molecule has 1 rings (SSSR count). The molecule has 0 spiro atoms. The fourth-order valence-electron chi connectivity index (χ4n) is 1.45. The first kappa shape index (κ1) is 15.2. The van der Waals surface area contributed by atoms with Crippen LogP contribution in [-0.2, 0) is 4.79 Å². The summed E-state index contributed by atoms with van der Waals surface area (Å²) < 4.78 is 0. The summed E-state index contributed by atoms with van der Waals surface area (Å²) in [5.41, 5.74) is -0.0575. The number of aromatic carboxylic acids is 1. The number of thiol groups is 1. The lowest BCUT2D eigenvalue weighted by Gasteiger charge is -2.11. The second-order valence-electron chi connectivity index (χ2n) is 3.73. The Kier molecular flexibility index (Phi) is 5.53. The molecule has 0 fully saturated rings. The van der Waals surface area contributed by atoms with Crippen molar-refractivity contribution < 1.29 is 24.6 Å². The minimum Gasteiger partial charge on any atom is -0.480 e. The smallest absolute Gasteiger partial charge is 0.336 e. The Labute approximate surface area is 114 Å². The third-order valence-electron chi connectivity index (χ3n) is 2.45. The maximum absolute atomic E-state index is 11.9. The number of carbonyl (C=O) groups is 3. The largest absolute Gasteiger partial charge is 0.480 e. The Balaban J connectivity index is 2.79. The topological polar surface area (TPSA) is 104 Å². The van der Waals surface area contributed by atoms with Crippen LogP contribution in [0.2, 0.25) is 0 Å². The van der Waals surface area contributed by atoms with Crippen LogP contribution < -0.4 is 5.32 Å². The Morgan fingerprint density at radius 1 is 1.16 bits per heavy atom. The highest BCUT2D eigenvalue weighted by Crippen LogP contribution is 2.09. The van der Waals surface area contributed by atoms with E-state index in [9.17, 15) is 14.4 Å². The van der Waals surface area contributed by atoms with Gasteiger partial charge in [0.1, 0.15) is 6.04 Å². The van der Waals surface area contributed by atoms with Gasteiger partial charge in [0, 0.05) is 11.3 Å². The maximum Gasteiger partial charge on any atom is 0.336 e. The minimum absolute atomic E-state index is 0.0309. The molecule has 0 unspecified atom stereocenters. The Hall–Kier alpha value is -1.86. The molecule has 1 aromatic carbocycles. The van der Waals surface area contributed by atoms with Crippen molar-refractivity contribution in [3.63, 3.8) is 0 Å². The van der Waals surface area contributed by atoms with Crippen LogP contribution in [0.5, 0.6) is 0 Å². The van der Waals surface area contributed by atoms with Gasteiger partial charge in [0.2, 0.25) is 0 Å². The van der Waals surface area contributed by atoms with Gasteiger partial charge in [0.25, 0.3) is 0 Å². The number of Topliss-reactive ketones (excluding diaryl/α,β-unsaturated/α-hetero) is 1. The van der Waals surface area contributed by atoms with E-state index in [0.29, 0.717) is 0 Å². The summed E-state index contributed by atoms with van der Waals surface area (Å²) in [5.74, 6) is -2.77. The second-order valence-corrected chi connectivity index (χ2v) is 4.09. The first-order valence-corrected chi connectivity index (χ1v) is 6.03. The molecule has 19 heavy (non-hydrogen) atoms. The molecule has 102 valence electrons. The summed E-state index contributed by atoms with van der Waals surface area (Å²) in [7, 11) is 0. The summed E-state index contributed by atoms with van der Waals surface area (Å²) in [6.45, 7) is -0.262. The average Bonchev–Trinajstić information content (AvgIpc) is 2.38. The van der Waals surface area contributed by atoms with Crippen molar-refractivity contribution >= 4 is 30.4 Å². The van der Waals surface area contributed by atoms with Gasteiger partial charge in [-0.3, -0.25) is 14.9 Å². The molecule has 0 aromatic heterocycles. The van der Waals surface area contributed by atoms with Gasteiger partial charge in [0.05, 0.1) is 12.1 Å². The zero-order valence-corrected chi connectivity index (χ0v) is 10.8. The number of hydrogen-bond donors (Lipinski definition) is 4. The van der Waals surface area contributed by atoms with Gasteiger partial charge < -0.3 is 10.2 Å². The molecule has 0 heterocycles. The van der Waals surface area contributed by atoms with Crippen LogP contribution in [0, 0.1) is 0 Å². The fourth-order valence-corrected chi connectivity index (χ4v) is 1.74. The van der Waals surface area contributed by atoms with E-state index in [4.69, 9.17) is 10.2 Å². The lowest BCUT2D eigenvalue weighted by molar-refractivity contribution is -0.138. The van der Waals surface area contributed by atoms with Crippen LogP contribution in [0.25, 0.3) is 0 Å². The number of hydrogen-bond acceptors (Lipinski definition) is 5. The highest BCUT2D eigenvalue weighted by molar-refractivity contribution is 7.80. The molecule has 0 aliphatic carbocycles. The number of benzene rings is 1. The molecular weight excluding hydrogens is 270 g/mol. The summed E-state index contributed by atoms with van der Waals surface area (Å²) in [4.78, 5) is 33.6.